The SMILES string of the molecule is Cc1cc(C(=O)Nc2cccc3c2C(=O)NC3=O)nn1C. The molecule has 1 aliphatic heterocycles. The summed E-state index contributed by atoms with van der Waals surface area (Å²) in [5, 5.41) is 8.89. The first kappa shape index (κ1) is 13.0. The summed E-state index contributed by atoms with van der Waals surface area (Å²) in [6, 6.07) is 6.36. The molecule has 7 heteroatoms. The van der Waals surface area contributed by atoms with Crippen molar-refractivity contribution in [1.82, 2.24) is 15.1 Å². The number of amides is 3. The normalized spacial score (nSPS) is 13.0. The van der Waals surface area contributed by atoms with Crippen molar-refractivity contribution in [2.24, 2.45) is 7.05 Å². The maximum absolute atomic E-state index is 12.2. The topological polar surface area (TPSA) is 93.1 Å². The second-order valence-electron chi connectivity index (χ2n) is 4.76. The zero-order valence-corrected chi connectivity index (χ0v) is 11.4. The number of hydrogen-bond donors (Lipinski definition) is 2. The number of benzene rings is 1. The highest BCUT2D eigenvalue weighted by atomic mass is 16.2. The number of anilines is 1. The monoisotopic (exact) mass is 284 g/mol. The summed E-state index contributed by atoms with van der Waals surface area (Å²) in [6.07, 6.45) is 0. The zero-order chi connectivity index (χ0) is 15.1. The molecule has 0 spiro atoms. The molecule has 0 unspecified atom stereocenters. The lowest BCUT2D eigenvalue weighted by Gasteiger charge is -2.06. The minimum absolute atomic E-state index is 0.184. The second-order valence-corrected chi connectivity index (χ2v) is 4.76. The Labute approximate surface area is 119 Å². The summed E-state index contributed by atoms with van der Waals surface area (Å²) >= 11 is 0. The molecule has 2 aromatic rings. The van der Waals surface area contributed by atoms with Crippen LogP contribution in [0.15, 0.2) is 24.3 Å². The molecule has 0 fully saturated rings. The number of aryl methyl sites for hydroxylation is 2. The molecule has 2 heterocycles. The van der Waals surface area contributed by atoms with Gasteiger partial charge >= 0.3 is 0 Å². The second kappa shape index (κ2) is 4.55. The molecule has 2 N–H and O–H groups in total. The Morgan fingerprint density at radius 2 is 2.05 bits per heavy atom. The average Bonchev–Trinajstić information content (AvgIpc) is 2.92. The lowest BCUT2D eigenvalue weighted by Crippen LogP contribution is -2.21. The van der Waals surface area contributed by atoms with Crippen LogP contribution in [0.4, 0.5) is 5.69 Å². The fraction of sp³-hybridized carbons (Fsp3) is 0.143. The van der Waals surface area contributed by atoms with Crippen LogP contribution < -0.4 is 10.6 Å². The van der Waals surface area contributed by atoms with E-state index in [2.05, 4.69) is 15.7 Å². The van der Waals surface area contributed by atoms with E-state index in [1.54, 1.807) is 29.9 Å². The van der Waals surface area contributed by atoms with Crippen molar-refractivity contribution in [3.8, 4) is 0 Å². The minimum Gasteiger partial charge on any atom is -0.320 e. The molecule has 7 nitrogen and oxygen atoms in total. The van der Waals surface area contributed by atoms with Crippen molar-refractivity contribution in [1.29, 1.82) is 0 Å². The van der Waals surface area contributed by atoms with Gasteiger partial charge in [-0.25, -0.2) is 0 Å². The maximum Gasteiger partial charge on any atom is 0.276 e. The van der Waals surface area contributed by atoms with E-state index in [0.29, 0.717) is 5.69 Å². The van der Waals surface area contributed by atoms with Gasteiger partial charge in [-0.2, -0.15) is 5.10 Å². The van der Waals surface area contributed by atoms with E-state index >= 15 is 0 Å². The van der Waals surface area contributed by atoms with Crippen LogP contribution in [0.5, 0.6) is 0 Å². The van der Waals surface area contributed by atoms with Gasteiger partial charge in [-0.1, -0.05) is 6.07 Å². The van der Waals surface area contributed by atoms with Crippen LogP contribution in [-0.2, 0) is 7.05 Å². The van der Waals surface area contributed by atoms with Crippen molar-refractivity contribution in [3.63, 3.8) is 0 Å². The minimum atomic E-state index is -0.511. The molecule has 0 aliphatic carbocycles. The molecule has 0 atom stereocenters. The Morgan fingerprint density at radius 3 is 2.71 bits per heavy atom. The van der Waals surface area contributed by atoms with Crippen LogP contribution in [0.2, 0.25) is 0 Å². The third-order valence-electron chi connectivity index (χ3n) is 3.36. The number of imide groups is 1. The Hall–Kier alpha value is -2.96. The molecule has 1 aromatic heterocycles. The fourth-order valence-corrected chi connectivity index (χ4v) is 2.18. The largest absolute Gasteiger partial charge is 0.320 e. The summed E-state index contributed by atoms with van der Waals surface area (Å²) in [7, 11) is 1.73. The average molecular weight is 284 g/mol. The number of nitrogens with zero attached hydrogens (tertiary/aromatic N) is 2. The summed E-state index contributed by atoms with van der Waals surface area (Å²) in [6.45, 7) is 1.83. The highest BCUT2D eigenvalue weighted by molar-refractivity contribution is 6.24. The molecule has 106 valence electrons. The summed E-state index contributed by atoms with van der Waals surface area (Å²) in [4.78, 5) is 35.5. The standard InChI is InChI=1S/C14H12N4O3/c1-7-6-10(17-18(7)2)13(20)15-9-5-3-4-8-11(9)14(21)16-12(8)19/h3-6H,1-2H3,(H,15,20)(H,16,19,21). The number of carbonyl (C=O) groups is 3. The van der Waals surface area contributed by atoms with Gasteiger partial charge in [-0.15, -0.1) is 0 Å². The van der Waals surface area contributed by atoms with Gasteiger partial charge in [0.15, 0.2) is 5.69 Å². The number of aromatic nitrogens is 2. The van der Waals surface area contributed by atoms with E-state index in [4.69, 9.17) is 0 Å². The van der Waals surface area contributed by atoms with Crippen LogP contribution in [0, 0.1) is 6.92 Å². The molecule has 1 aliphatic rings. The Balaban J connectivity index is 1.95. The molecule has 0 radical (unpaired) electrons. The predicted molar refractivity (Wildman–Crippen MR) is 74.1 cm³/mol. The third kappa shape index (κ3) is 2.08. The number of hydrogen-bond acceptors (Lipinski definition) is 4. The van der Waals surface area contributed by atoms with Crippen LogP contribution in [-0.4, -0.2) is 27.5 Å². The molecule has 3 rings (SSSR count). The van der Waals surface area contributed by atoms with Crippen LogP contribution in [0.25, 0.3) is 0 Å². The van der Waals surface area contributed by atoms with Crippen molar-refractivity contribution < 1.29 is 14.4 Å². The first-order valence-electron chi connectivity index (χ1n) is 6.28. The van der Waals surface area contributed by atoms with Crippen molar-refractivity contribution in [3.05, 3.63) is 46.8 Å². The molecule has 0 saturated carbocycles. The highest BCUT2D eigenvalue weighted by Crippen LogP contribution is 2.24. The number of fused-ring (bicyclic) bond motifs is 1. The van der Waals surface area contributed by atoms with Gasteiger partial charge in [0.2, 0.25) is 0 Å². The predicted octanol–water partition coefficient (Wildman–Crippen LogP) is 0.864. The molecular formula is C14H12N4O3. The number of rotatable bonds is 2. The molecule has 21 heavy (non-hydrogen) atoms. The van der Waals surface area contributed by atoms with E-state index in [9.17, 15) is 14.4 Å². The van der Waals surface area contributed by atoms with Crippen molar-refractivity contribution >= 4 is 23.4 Å². The van der Waals surface area contributed by atoms with E-state index < -0.39 is 17.7 Å². The van der Waals surface area contributed by atoms with Gasteiger partial charge in [-0.3, -0.25) is 24.4 Å². The molecule has 3 amide bonds. The Morgan fingerprint density at radius 1 is 1.29 bits per heavy atom. The fourth-order valence-electron chi connectivity index (χ4n) is 2.18. The van der Waals surface area contributed by atoms with Gasteiger partial charge in [0, 0.05) is 12.7 Å². The third-order valence-corrected chi connectivity index (χ3v) is 3.36. The van der Waals surface area contributed by atoms with Gasteiger partial charge in [0.05, 0.1) is 16.8 Å². The lowest BCUT2D eigenvalue weighted by molar-refractivity contribution is 0.0879. The molecule has 0 bridgehead atoms. The van der Waals surface area contributed by atoms with E-state index in [0.717, 1.165) is 5.69 Å². The number of carbonyl (C=O) groups excluding carboxylic acids is 3. The highest BCUT2D eigenvalue weighted by Gasteiger charge is 2.30. The zero-order valence-electron chi connectivity index (χ0n) is 11.4. The smallest absolute Gasteiger partial charge is 0.276 e. The van der Waals surface area contributed by atoms with Crippen molar-refractivity contribution in [2.75, 3.05) is 5.32 Å². The van der Waals surface area contributed by atoms with E-state index in [1.807, 2.05) is 6.92 Å². The van der Waals surface area contributed by atoms with Crippen molar-refractivity contribution in [2.45, 2.75) is 6.92 Å². The molecular weight excluding hydrogens is 272 g/mol. The van der Waals surface area contributed by atoms with Gasteiger partial charge in [0.25, 0.3) is 17.7 Å². The van der Waals surface area contributed by atoms with Gasteiger partial charge in [-0.05, 0) is 25.1 Å². The summed E-state index contributed by atoms with van der Waals surface area (Å²) in [5.41, 5.74) is 1.83. The first-order chi connectivity index (χ1) is 9.97. The van der Waals surface area contributed by atoms with Crippen LogP contribution in [0.1, 0.15) is 36.9 Å². The maximum atomic E-state index is 12.2. The van der Waals surface area contributed by atoms with Gasteiger partial charge in [0.1, 0.15) is 0 Å². The summed E-state index contributed by atoms with van der Waals surface area (Å²) in [5.74, 6) is -1.40. The molecule has 1 aromatic carbocycles. The van der Waals surface area contributed by atoms with Gasteiger partial charge < -0.3 is 5.32 Å². The quantitative estimate of drug-likeness (QED) is 0.800. The summed E-state index contributed by atoms with van der Waals surface area (Å²) < 4.78 is 1.58. The number of nitrogens with one attached hydrogen (secondary N) is 2. The van der Waals surface area contributed by atoms with E-state index in [-0.39, 0.29) is 16.8 Å². The van der Waals surface area contributed by atoms with Crippen LogP contribution >= 0.6 is 0 Å². The first-order valence-corrected chi connectivity index (χ1v) is 6.28. The Bertz CT molecular complexity index is 772. The van der Waals surface area contributed by atoms with Crippen LogP contribution in [0.3, 0.4) is 0 Å². The Kier molecular flexibility index (Phi) is 2.83. The molecule has 0 saturated heterocycles. The van der Waals surface area contributed by atoms with E-state index in [1.165, 1.54) is 6.07 Å². The lowest BCUT2D eigenvalue weighted by atomic mass is 10.1.